The topological polar surface area (TPSA) is 67.2 Å². The smallest absolute Gasteiger partial charge is 0.243 e. The Kier molecular flexibility index (Phi) is 6.19. The summed E-state index contributed by atoms with van der Waals surface area (Å²) >= 11 is 6.28. The Morgan fingerprint density at radius 2 is 1.83 bits per heavy atom. The van der Waals surface area contributed by atoms with Crippen LogP contribution in [0.4, 0.5) is 4.39 Å². The molecule has 4 rings (SSSR count). The zero-order valence-electron chi connectivity index (χ0n) is 16.2. The highest BCUT2D eigenvalue weighted by atomic mass is 35.5. The predicted molar refractivity (Wildman–Crippen MR) is 114 cm³/mol. The Hall–Kier alpha value is -2.26. The van der Waals surface area contributed by atoms with Gasteiger partial charge in [-0.25, -0.2) is 22.2 Å². The lowest BCUT2D eigenvalue weighted by molar-refractivity contribution is 0.241. The molecular weight excluding hydrogens is 427 g/mol. The number of rotatable bonds is 7. The SMILES string of the molecule is O=S(=O)(NCC(c1c(F)cccc1Cl)N1CCCC1)c1cnn(-c2ccccc2)c1. The second-order valence-corrected chi connectivity index (χ2v) is 9.38. The molecule has 0 saturated carbocycles. The fourth-order valence-electron chi connectivity index (χ4n) is 3.74. The Morgan fingerprint density at radius 3 is 2.53 bits per heavy atom. The summed E-state index contributed by atoms with van der Waals surface area (Å²) in [5.41, 5.74) is 1.08. The molecule has 1 fully saturated rings. The Labute approximate surface area is 180 Å². The fraction of sp³-hybridized carbons (Fsp3) is 0.286. The number of aromatic nitrogens is 2. The molecule has 1 aliphatic heterocycles. The van der Waals surface area contributed by atoms with E-state index in [0.29, 0.717) is 10.6 Å². The minimum absolute atomic E-state index is 0.0134. The second kappa shape index (κ2) is 8.85. The van der Waals surface area contributed by atoms with Crippen LogP contribution in [0.15, 0.2) is 65.8 Å². The summed E-state index contributed by atoms with van der Waals surface area (Å²) in [5.74, 6) is -0.435. The molecular formula is C21H22ClFN4O2S. The van der Waals surface area contributed by atoms with Gasteiger partial charge in [0.05, 0.1) is 24.1 Å². The molecule has 1 aliphatic rings. The van der Waals surface area contributed by atoms with Gasteiger partial charge >= 0.3 is 0 Å². The molecule has 30 heavy (non-hydrogen) atoms. The molecule has 1 unspecified atom stereocenters. The van der Waals surface area contributed by atoms with Crippen LogP contribution in [0.3, 0.4) is 0 Å². The minimum Gasteiger partial charge on any atom is -0.295 e. The molecule has 2 heterocycles. The van der Waals surface area contributed by atoms with Gasteiger partial charge < -0.3 is 0 Å². The van der Waals surface area contributed by atoms with E-state index >= 15 is 0 Å². The van der Waals surface area contributed by atoms with Crippen molar-refractivity contribution in [2.75, 3.05) is 19.6 Å². The van der Waals surface area contributed by atoms with Crippen LogP contribution < -0.4 is 4.72 Å². The summed E-state index contributed by atoms with van der Waals surface area (Å²) in [6.45, 7) is 1.55. The molecule has 0 radical (unpaired) electrons. The molecule has 2 aromatic carbocycles. The number of hydrogen-bond acceptors (Lipinski definition) is 4. The second-order valence-electron chi connectivity index (χ2n) is 7.20. The van der Waals surface area contributed by atoms with Crippen molar-refractivity contribution in [2.24, 2.45) is 0 Å². The third kappa shape index (κ3) is 4.41. The van der Waals surface area contributed by atoms with Gasteiger partial charge in [-0.2, -0.15) is 5.10 Å². The number of para-hydroxylation sites is 1. The van der Waals surface area contributed by atoms with Crippen molar-refractivity contribution in [3.63, 3.8) is 0 Å². The van der Waals surface area contributed by atoms with Crippen molar-refractivity contribution in [3.05, 3.63) is 77.3 Å². The predicted octanol–water partition coefficient (Wildman–Crippen LogP) is 3.78. The number of nitrogens with one attached hydrogen (secondary N) is 1. The van der Waals surface area contributed by atoms with E-state index in [-0.39, 0.29) is 11.4 Å². The molecule has 0 bridgehead atoms. The van der Waals surface area contributed by atoms with Crippen LogP contribution in [0.1, 0.15) is 24.4 Å². The number of halogens is 2. The standard InChI is InChI=1S/C21H22ClFN4O2S/c22-18-9-6-10-19(23)21(18)20(26-11-4-5-12-26)14-25-30(28,29)17-13-24-27(15-17)16-7-2-1-3-8-16/h1-3,6-10,13,15,20,25H,4-5,11-12,14H2. The summed E-state index contributed by atoms with van der Waals surface area (Å²) in [5, 5.41) is 4.44. The van der Waals surface area contributed by atoms with Crippen molar-refractivity contribution in [1.29, 1.82) is 0 Å². The van der Waals surface area contributed by atoms with Gasteiger partial charge in [-0.1, -0.05) is 35.9 Å². The van der Waals surface area contributed by atoms with Gasteiger partial charge in [0.15, 0.2) is 0 Å². The first-order valence-electron chi connectivity index (χ1n) is 9.73. The van der Waals surface area contributed by atoms with Crippen molar-refractivity contribution < 1.29 is 12.8 Å². The summed E-state index contributed by atoms with van der Waals surface area (Å²) in [6.07, 6.45) is 4.73. The number of nitrogens with zero attached hydrogens (tertiary/aromatic N) is 3. The molecule has 0 spiro atoms. The maximum atomic E-state index is 14.6. The van der Waals surface area contributed by atoms with Crippen LogP contribution >= 0.6 is 11.6 Å². The Balaban J connectivity index is 1.57. The minimum atomic E-state index is -3.83. The van der Waals surface area contributed by atoms with Crippen LogP contribution in [0.5, 0.6) is 0 Å². The maximum Gasteiger partial charge on any atom is 0.243 e. The van der Waals surface area contributed by atoms with Crippen molar-refractivity contribution in [2.45, 2.75) is 23.8 Å². The zero-order valence-corrected chi connectivity index (χ0v) is 17.8. The lowest BCUT2D eigenvalue weighted by atomic mass is 10.0. The molecule has 1 aromatic heterocycles. The average Bonchev–Trinajstić information content (AvgIpc) is 3.43. The molecule has 158 valence electrons. The molecule has 9 heteroatoms. The third-order valence-corrected chi connectivity index (χ3v) is 6.98. The summed E-state index contributed by atoms with van der Waals surface area (Å²) in [6, 6.07) is 13.3. The van der Waals surface area contributed by atoms with Crippen LogP contribution in [0.2, 0.25) is 5.02 Å². The third-order valence-electron chi connectivity index (χ3n) is 5.27. The van der Waals surface area contributed by atoms with Gasteiger partial charge in [0.2, 0.25) is 10.0 Å². The van der Waals surface area contributed by atoms with E-state index in [9.17, 15) is 12.8 Å². The fourth-order valence-corrected chi connectivity index (χ4v) is 4.99. The Bertz CT molecular complexity index is 1090. The molecule has 3 aromatic rings. The summed E-state index contributed by atoms with van der Waals surface area (Å²) < 4.78 is 44.5. The summed E-state index contributed by atoms with van der Waals surface area (Å²) in [4.78, 5) is 2.12. The maximum absolute atomic E-state index is 14.6. The highest BCUT2D eigenvalue weighted by molar-refractivity contribution is 7.89. The van der Waals surface area contributed by atoms with Crippen LogP contribution in [0.25, 0.3) is 5.69 Å². The monoisotopic (exact) mass is 448 g/mol. The molecule has 1 saturated heterocycles. The first-order valence-corrected chi connectivity index (χ1v) is 11.6. The summed E-state index contributed by atoms with van der Waals surface area (Å²) in [7, 11) is -3.83. The quantitative estimate of drug-likeness (QED) is 0.597. The van der Waals surface area contributed by atoms with Crippen molar-refractivity contribution in [3.8, 4) is 5.69 Å². The van der Waals surface area contributed by atoms with Gasteiger partial charge in [0, 0.05) is 17.1 Å². The van der Waals surface area contributed by atoms with Crippen molar-refractivity contribution >= 4 is 21.6 Å². The first-order chi connectivity index (χ1) is 14.5. The molecule has 0 aliphatic carbocycles. The largest absolute Gasteiger partial charge is 0.295 e. The van der Waals surface area contributed by atoms with Crippen LogP contribution in [0, 0.1) is 5.82 Å². The van der Waals surface area contributed by atoms with E-state index < -0.39 is 21.9 Å². The number of likely N-dealkylation sites (tertiary alicyclic amines) is 1. The van der Waals surface area contributed by atoms with E-state index in [1.165, 1.54) is 23.1 Å². The molecule has 0 amide bonds. The number of sulfonamides is 1. The van der Waals surface area contributed by atoms with Crippen molar-refractivity contribution in [1.82, 2.24) is 19.4 Å². The lowest BCUT2D eigenvalue weighted by Crippen LogP contribution is -2.37. The van der Waals surface area contributed by atoms with E-state index in [1.54, 1.807) is 12.1 Å². The molecule has 1 atom stereocenters. The Morgan fingerprint density at radius 1 is 1.10 bits per heavy atom. The van der Waals surface area contributed by atoms with E-state index in [2.05, 4.69) is 14.7 Å². The van der Waals surface area contributed by atoms with E-state index in [0.717, 1.165) is 31.6 Å². The lowest BCUT2D eigenvalue weighted by Gasteiger charge is -2.29. The van der Waals surface area contributed by atoms with E-state index in [1.807, 2.05) is 30.3 Å². The number of benzene rings is 2. The van der Waals surface area contributed by atoms with Gasteiger partial charge in [-0.15, -0.1) is 0 Å². The zero-order chi connectivity index (χ0) is 21.1. The molecule has 6 nitrogen and oxygen atoms in total. The normalized spacial score (nSPS) is 16.1. The number of hydrogen-bond donors (Lipinski definition) is 1. The van der Waals surface area contributed by atoms with E-state index in [4.69, 9.17) is 11.6 Å². The van der Waals surface area contributed by atoms with Crippen LogP contribution in [-0.2, 0) is 10.0 Å². The first kappa shape index (κ1) is 21.0. The van der Waals surface area contributed by atoms with Gasteiger partial charge in [-0.05, 0) is 50.2 Å². The average molecular weight is 449 g/mol. The van der Waals surface area contributed by atoms with Crippen LogP contribution in [-0.4, -0.2) is 42.7 Å². The van der Waals surface area contributed by atoms with Gasteiger partial charge in [0.25, 0.3) is 0 Å². The highest BCUT2D eigenvalue weighted by Crippen LogP contribution is 2.32. The molecule has 1 N–H and O–H groups in total. The van der Waals surface area contributed by atoms with Gasteiger partial charge in [0.1, 0.15) is 10.7 Å². The van der Waals surface area contributed by atoms with Gasteiger partial charge in [-0.3, -0.25) is 4.90 Å². The highest BCUT2D eigenvalue weighted by Gasteiger charge is 2.29.